The molecule has 0 saturated heterocycles. The Hall–Kier alpha value is -0.0800. The summed E-state index contributed by atoms with van der Waals surface area (Å²) in [6.45, 7) is 3.41. The third-order valence-corrected chi connectivity index (χ3v) is 4.62. The summed E-state index contributed by atoms with van der Waals surface area (Å²) >= 11 is 0. The first kappa shape index (κ1) is 12.4. The molecule has 0 heterocycles. The van der Waals surface area contributed by atoms with E-state index in [0.717, 1.165) is 18.9 Å². The number of aliphatic hydroxyl groups excluding tert-OH is 1. The number of aliphatic hydroxyl groups is 1. The van der Waals surface area contributed by atoms with Crippen LogP contribution in [-0.4, -0.2) is 23.8 Å². The Morgan fingerprint density at radius 3 is 2.44 bits per heavy atom. The molecule has 0 aromatic rings. The topological polar surface area (TPSA) is 32.3 Å². The van der Waals surface area contributed by atoms with Gasteiger partial charge in [0, 0.05) is 12.6 Å². The molecule has 0 spiro atoms. The zero-order chi connectivity index (χ0) is 11.4. The lowest BCUT2D eigenvalue weighted by Gasteiger charge is -2.33. The fraction of sp³-hybridized carbons (Fsp3) is 1.00. The van der Waals surface area contributed by atoms with Gasteiger partial charge in [0.05, 0.1) is 6.10 Å². The van der Waals surface area contributed by atoms with E-state index in [1.54, 1.807) is 0 Å². The maximum atomic E-state index is 9.92. The van der Waals surface area contributed by atoms with Crippen LogP contribution in [0.5, 0.6) is 0 Å². The van der Waals surface area contributed by atoms with Crippen molar-refractivity contribution in [3.05, 3.63) is 0 Å². The standard InChI is InChI=1S/C14H27NO/c1-11-6-2-4-8-13(11)15-10-12-7-3-5-9-14(12)16/h11-16H,2-10H2,1H3. The highest BCUT2D eigenvalue weighted by molar-refractivity contribution is 4.82. The zero-order valence-corrected chi connectivity index (χ0v) is 10.6. The molecule has 2 fully saturated rings. The van der Waals surface area contributed by atoms with E-state index in [1.165, 1.54) is 44.9 Å². The summed E-state index contributed by atoms with van der Waals surface area (Å²) in [5.41, 5.74) is 0. The summed E-state index contributed by atoms with van der Waals surface area (Å²) < 4.78 is 0. The first-order valence-corrected chi connectivity index (χ1v) is 7.19. The Kier molecular flexibility index (Phi) is 4.66. The highest BCUT2D eigenvalue weighted by Gasteiger charge is 2.26. The van der Waals surface area contributed by atoms with E-state index in [2.05, 4.69) is 12.2 Å². The molecule has 16 heavy (non-hydrogen) atoms. The van der Waals surface area contributed by atoms with E-state index in [4.69, 9.17) is 0 Å². The fourth-order valence-electron chi connectivity index (χ4n) is 3.35. The lowest BCUT2D eigenvalue weighted by atomic mass is 9.83. The van der Waals surface area contributed by atoms with Crippen LogP contribution in [0.4, 0.5) is 0 Å². The summed E-state index contributed by atoms with van der Waals surface area (Å²) in [4.78, 5) is 0. The highest BCUT2D eigenvalue weighted by Crippen LogP contribution is 2.26. The van der Waals surface area contributed by atoms with Gasteiger partial charge < -0.3 is 10.4 Å². The molecule has 2 aliphatic rings. The Labute approximate surface area is 99.8 Å². The summed E-state index contributed by atoms with van der Waals surface area (Å²) in [5, 5.41) is 13.6. The van der Waals surface area contributed by atoms with E-state index in [0.29, 0.717) is 12.0 Å². The van der Waals surface area contributed by atoms with Crippen molar-refractivity contribution in [2.24, 2.45) is 11.8 Å². The van der Waals surface area contributed by atoms with Gasteiger partial charge in [0.2, 0.25) is 0 Å². The second-order valence-electron chi connectivity index (χ2n) is 5.89. The first-order chi connectivity index (χ1) is 7.77. The van der Waals surface area contributed by atoms with Crippen LogP contribution in [0.15, 0.2) is 0 Å². The molecule has 0 aromatic carbocycles. The molecule has 0 bridgehead atoms. The minimum Gasteiger partial charge on any atom is -0.393 e. The Bertz CT molecular complexity index is 185. The van der Waals surface area contributed by atoms with Crippen LogP contribution >= 0.6 is 0 Å². The molecule has 94 valence electrons. The van der Waals surface area contributed by atoms with E-state index in [9.17, 15) is 5.11 Å². The molecule has 4 atom stereocenters. The van der Waals surface area contributed by atoms with Crippen molar-refractivity contribution in [3.63, 3.8) is 0 Å². The molecule has 2 N–H and O–H groups in total. The minimum absolute atomic E-state index is 0.0415. The van der Waals surface area contributed by atoms with Crippen LogP contribution in [0, 0.1) is 11.8 Å². The van der Waals surface area contributed by atoms with Gasteiger partial charge in [-0.1, -0.05) is 32.6 Å². The number of hydrogen-bond acceptors (Lipinski definition) is 2. The van der Waals surface area contributed by atoms with Crippen molar-refractivity contribution in [1.29, 1.82) is 0 Å². The smallest absolute Gasteiger partial charge is 0.0580 e. The summed E-state index contributed by atoms with van der Waals surface area (Å²) in [7, 11) is 0. The fourth-order valence-corrected chi connectivity index (χ4v) is 3.35. The number of hydrogen-bond donors (Lipinski definition) is 2. The van der Waals surface area contributed by atoms with Gasteiger partial charge in [-0.15, -0.1) is 0 Å². The molecular weight excluding hydrogens is 198 g/mol. The van der Waals surface area contributed by atoms with Crippen LogP contribution < -0.4 is 5.32 Å². The van der Waals surface area contributed by atoms with Crippen LogP contribution in [0.2, 0.25) is 0 Å². The maximum Gasteiger partial charge on any atom is 0.0580 e. The molecule has 2 rings (SSSR count). The average molecular weight is 225 g/mol. The van der Waals surface area contributed by atoms with Crippen molar-refractivity contribution in [1.82, 2.24) is 5.32 Å². The molecule has 0 aromatic heterocycles. The molecule has 2 nitrogen and oxygen atoms in total. The normalized spacial score (nSPS) is 40.9. The summed E-state index contributed by atoms with van der Waals surface area (Å²) in [5.74, 6) is 1.34. The number of nitrogens with one attached hydrogen (secondary N) is 1. The van der Waals surface area contributed by atoms with Crippen molar-refractivity contribution >= 4 is 0 Å². The van der Waals surface area contributed by atoms with Gasteiger partial charge >= 0.3 is 0 Å². The Balaban J connectivity index is 1.72. The largest absolute Gasteiger partial charge is 0.393 e. The molecule has 0 aliphatic heterocycles. The van der Waals surface area contributed by atoms with Gasteiger partial charge in [-0.25, -0.2) is 0 Å². The number of rotatable bonds is 3. The van der Waals surface area contributed by atoms with Crippen molar-refractivity contribution in [2.45, 2.75) is 70.4 Å². The first-order valence-electron chi connectivity index (χ1n) is 7.19. The van der Waals surface area contributed by atoms with Gasteiger partial charge in [-0.2, -0.15) is 0 Å². The molecule has 2 heteroatoms. The van der Waals surface area contributed by atoms with Crippen molar-refractivity contribution in [2.75, 3.05) is 6.54 Å². The van der Waals surface area contributed by atoms with Gasteiger partial charge in [0.15, 0.2) is 0 Å². The molecule has 2 saturated carbocycles. The summed E-state index contributed by atoms with van der Waals surface area (Å²) in [6, 6.07) is 0.711. The van der Waals surface area contributed by atoms with Crippen LogP contribution in [0.25, 0.3) is 0 Å². The van der Waals surface area contributed by atoms with E-state index < -0.39 is 0 Å². The van der Waals surface area contributed by atoms with E-state index in [-0.39, 0.29) is 6.10 Å². The zero-order valence-electron chi connectivity index (χ0n) is 10.6. The van der Waals surface area contributed by atoms with Crippen LogP contribution in [-0.2, 0) is 0 Å². The van der Waals surface area contributed by atoms with Crippen molar-refractivity contribution < 1.29 is 5.11 Å². The summed E-state index contributed by atoms with van der Waals surface area (Å²) in [6.07, 6.45) is 10.2. The minimum atomic E-state index is -0.0415. The van der Waals surface area contributed by atoms with E-state index >= 15 is 0 Å². The second kappa shape index (κ2) is 6.02. The molecule has 0 amide bonds. The monoisotopic (exact) mass is 225 g/mol. The third-order valence-electron chi connectivity index (χ3n) is 4.62. The average Bonchev–Trinajstić information content (AvgIpc) is 2.30. The predicted molar refractivity (Wildman–Crippen MR) is 67.4 cm³/mol. The predicted octanol–water partition coefficient (Wildman–Crippen LogP) is 2.71. The lowest BCUT2D eigenvalue weighted by molar-refractivity contribution is 0.0657. The Morgan fingerprint density at radius 1 is 1.00 bits per heavy atom. The third kappa shape index (κ3) is 3.21. The van der Waals surface area contributed by atoms with Crippen molar-refractivity contribution in [3.8, 4) is 0 Å². The lowest BCUT2D eigenvalue weighted by Crippen LogP contribution is -2.42. The second-order valence-corrected chi connectivity index (χ2v) is 5.89. The van der Waals surface area contributed by atoms with Gasteiger partial charge in [-0.05, 0) is 37.5 Å². The molecule has 4 unspecified atom stereocenters. The van der Waals surface area contributed by atoms with Crippen LogP contribution in [0.1, 0.15) is 58.3 Å². The van der Waals surface area contributed by atoms with Gasteiger partial charge in [0.1, 0.15) is 0 Å². The maximum absolute atomic E-state index is 9.92. The SMILES string of the molecule is CC1CCCCC1NCC1CCCCC1O. The Morgan fingerprint density at radius 2 is 1.69 bits per heavy atom. The highest BCUT2D eigenvalue weighted by atomic mass is 16.3. The van der Waals surface area contributed by atoms with Gasteiger partial charge in [0.25, 0.3) is 0 Å². The molecule has 2 aliphatic carbocycles. The van der Waals surface area contributed by atoms with E-state index in [1.807, 2.05) is 0 Å². The molecular formula is C14H27NO. The van der Waals surface area contributed by atoms with Gasteiger partial charge in [-0.3, -0.25) is 0 Å². The van der Waals surface area contributed by atoms with Crippen LogP contribution in [0.3, 0.4) is 0 Å². The quantitative estimate of drug-likeness (QED) is 0.774. The molecule has 0 radical (unpaired) electrons.